The third kappa shape index (κ3) is 7.98. The largest absolute Gasteiger partial charge is 0.483 e. The molecule has 8 nitrogen and oxygen atoms in total. The van der Waals surface area contributed by atoms with Crippen molar-refractivity contribution in [3.8, 4) is 21.9 Å². The maximum atomic E-state index is 12.0. The summed E-state index contributed by atoms with van der Waals surface area (Å²) in [5.41, 5.74) is 2.84. The smallest absolute Gasteiger partial charge is 0.291 e. The highest BCUT2D eigenvalue weighted by Crippen LogP contribution is 2.48. The maximum Gasteiger partial charge on any atom is 0.291 e. The summed E-state index contributed by atoms with van der Waals surface area (Å²) < 4.78 is 17.4. The minimum absolute atomic E-state index is 0.199. The number of nitro groups is 1. The molecule has 9 heteroatoms. The number of rotatable bonds is 5. The van der Waals surface area contributed by atoms with Gasteiger partial charge < -0.3 is 19.3 Å². The molecule has 1 fully saturated rings. The zero-order valence-electron chi connectivity index (χ0n) is 23.1. The Kier molecular flexibility index (Phi) is 12.8. The predicted molar refractivity (Wildman–Crippen MR) is 156 cm³/mol. The molecule has 1 aromatic heterocycles. The molecule has 0 amide bonds. The maximum absolute atomic E-state index is 12.0. The standard InChI is InChI=1S/C25H23NO5S.2C2H6.CH2O2/c1-17-22(26(27)28)24(19-11-13-25(14-12-19)29-15-16-30-25)32-23(17)18-7-9-21(10-8-18)31-20-5-3-2-4-6-20;2*1-2;2-1-3/h2-11H,12-16H2,1H3;2*1-2H3;1H,(H,2,3). The van der Waals surface area contributed by atoms with Gasteiger partial charge in [0.1, 0.15) is 16.4 Å². The number of hydrogen-bond acceptors (Lipinski definition) is 7. The fourth-order valence-electron chi connectivity index (χ4n) is 4.29. The van der Waals surface area contributed by atoms with E-state index in [1.54, 1.807) is 0 Å². The third-order valence-corrected chi connectivity index (χ3v) is 7.34. The number of allylic oxidation sites excluding steroid dienone is 1. The second-order valence-corrected chi connectivity index (χ2v) is 9.10. The second kappa shape index (κ2) is 15.8. The van der Waals surface area contributed by atoms with E-state index in [9.17, 15) is 10.1 Å². The van der Waals surface area contributed by atoms with Crippen molar-refractivity contribution in [1.82, 2.24) is 0 Å². The molecule has 210 valence electrons. The van der Waals surface area contributed by atoms with Crippen LogP contribution in [0.15, 0.2) is 60.7 Å². The fraction of sp³-hybridized carbons (Fsp3) is 0.367. The van der Waals surface area contributed by atoms with Crippen LogP contribution in [0, 0.1) is 17.0 Å². The van der Waals surface area contributed by atoms with Crippen LogP contribution in [-0.4, -0.2) is 35.5 Å². The Balaban J connectivity index is 0.000000700. The number of para-hydroxylation sites is 1. The van der Waals surface area contributed by atoms with Gasteiger partial charge in [0.05, 0.1) is 18.1 Å². The first-order valence-electron chi connectivity index (χ1n) is 13.1. The molecule has 0 unspecified atom stereocenters. The molecule has 1 N–H and O–H groups in total. The van der Waals surface area contributed by atoms with Gasteiger partial charge in [-0.2, -0.15) is 0 Å². The summed E-state index contributed by atoms with van der Waals surface area (Å²) in [5.74, 6) is 0.950. The van der Waals surface area contributed by atoms with Crippen molar-refractivity contribution in [2.75, 3.05) is 13.2 Å². The molecule has 0 atom stereocenters. The number of nitrogens with zero attached hydrogens (tertiary/aromatic N) is 1. The van der Waals surface area contributed by atoms with Crippen molar-refractivity contribution in [3.05, 3.63) is 81.2 Å². The van der Waals surface area contributed by atoms with Crippen molar-refractivity contribution in [3.63, 3.8) is 0 Å². The van der Waals surface area contributed by atoms with Crippen molar-refractivity contribution in [1.29, 1.82) is 0 Å². The Morgan fingerprint density at radius 1 is 0.974 bits per heavy atom. The van der Waals surface area contributed by atoms with Crippen LogP contribution in [0.25, 0.3) is 16.0 Å². The molecule has 0 saturated carbocycles. The van der Waals surface area contributed by atoms with Crippen LogP contribution in [0.1, 0.15) is 57.4 Å². The second-order valence-electron chi connectivity index (χ2n) is 8.08. The Labute approximate surface area is 234 Å². The first-order chi connectivity index (χ1) is 19.0. The molecule has 2 aliphatic rings. The number of carboxylic acid groups (broad SMARTS) is 1. The molecule has 1 saturated heterocycles. The topological polar surface area (TPSA) is 108 Å². The molecule has 1 aliphatic heterocycles. The summed E-state index contributed by atoms with van der Waals surface area (Å²) >= 11 is 1.48. The highest BCUT2D eigenvalue weighted by Gasteiger charge is 2.39. The van der Waals surface area contributed by atoms with Crippen molar-refractivity contribution in [2.45, 2.75) is 59.7 Å². The predicted octanol–water partition coefficient (Wildman–Crippen LogP) is 8.49. The van der Waals surface area contributed by atoms with E-state index < -0.39 is 5.79 Å². The summed E-state index contributed by atoms with van der Waals surface area (Å²) in [6, 6.07) is 17.3. The molecule has 39 heavy (non-hydrogen) atoms. The van der Waals surface area contributed by atoms with Gasteiger partial charge in [0.15, 0.2) is 5.79 Å². The monoisotopic (exact) mass is 555 g/mol. The normalized spacial score (nSPS) is 14.8. The third-order valence-electron chi connectivity index (χ3n) is 5.93. The molecule has 2 heterocycles. The van der Waals surface area contributed by atoms with E-state index >= 15 is 0 Å². The Morgan fingerprint density at radius 2 is 1.54 bits per heavy atom. The van der Waals surface area contributed by atoms with Gasteiger partial charge in [-0.15, -0.1) is 11.3 Å². The van der Waals surface area contributed by atoms with E-state index in [1.807, 2.05) is 95.3 Å². The van der Waals surface area contributed by atoms with Gasteiger partial charge in [0, 0.05) is 23.3 Å². The molecule has 0 radical (unpaired) electrons. The van der Waals surface area contributed by atoms with Crippen molar-refractivity contribution in [2.24, 2.45) is 0 Å². The first kappa shape index (κ1) is 31.7. The van der Waals surface area contributed by atoms with E-state index in [-0.39, 0.29) is 17.1 Å². The van der Waals surface area contributed by atoms with Gasteiger partial charge in [0.25, 0.3) is 12.2 Å². The quantitative estimate of drug-likeness (QED) is 0.191. The molecular weight excluding hydrogens is 518 g/mol. The average molecular weight is 556 g/mol. The Morgan fingerprint density at radius 3 is 2.05 bits per heavy atom. The molecule has 5 rings (SSSR count). The van der Waals surface area contributed by atoms with Crippen LogP contribution < -0.4 is 4.74 Å². The number of carbonyl (C=O) groups is 1. The zero-order valence-corrected chi connectivity index (χ0v) is 24.0. The zero-order chi connectivity index (χ0) is 28.8. The molecule has 2 aromatic carbocycles. The summed E-state index contributed by atoms with van der Waals surface area (Å²) in [7, 11) is 0. The summed E-state index contributed by atoms with van der Waals surface area (Å²) in [6.45, 7) is 10.8. The summed E-state index contributed by atoms with van der Waals surface area (Å²) in [6.07, 6.45) is 4.09. The number of ether oxygens (including phenoxy) is 3. The lowest BCUT2D eigenvalue weighted by molar-refractivity contribution is -0.385. The Hall–Kier alpha value is -3.53. The van der Waals surface area contributed by atoms with E-state index in [0.29, 0.717) is 38.0 Å². The van der Waals surface area contributed by atoms with Gasteiger partial charge in [0.2, 0.25) is 0 Å². The Bertz CT molecular complexity index is 1210. The van der Waals surface area contributed by atoms with E-state index in [1.165, 1.54) is 11.3 Å². The first-order valence-corrected chi connectivity index (χ1v) is 13.9. The minimum Gasteiger partial charge on any atom is -0.483 e. The fourth-order valence-corrected chi connectivity index (χ4v) is 5.64. The lowest BCUT2D eigenvalue weighted by atomic mass is 9.92. The van der Waals surface area contributed by atoms with Crippen molar-refractivity contribution >= 4 is 29.1 Å². The molecule has 1 aliphatic carbocycles. The SMILES string of the molecule is CC.CC.Cc1c(-c2ccc(Oc3ccccc3)cc2)sc(C2=CCC3(CC2)OCCO3)c1[N+](=O)[O-].O=CO. The van der Waals surface area contributed by atoms with Crippen LogP contribution in [0.3, 0.4) is 0 Å². The highest BCUT2D eigenvalue weighted by molar-refractivity contribution is 7.17. The van der Waals surface area contributed by atoms with Crippen LogP contribution in [0.2, 0.25) is 0 Å². The molecular formula is C30H37NO7S. The minimum atomic E-state index is -0.540. The number of benzene rings is 2. The van der Waals surface area contributed by atoms with Crippen LogP contribution >= 0.6 is 11.3 Å². The van der Waals surface area contributed by atoms with Gasteiger partial charge in [-0.25, -0.2) is 0 Å². The van der Waals surface area contributed by atoms with E-state index in [2.05, 4.69) is 0 Å². The van der Waals surface area contributed by atoms with Gasteiger partial charge >= 0.3 is 0 Å². The van der Waals surface area contributed by atoms with Crippen LogP contribution in [-0.2, 0) is 14.3 Å². The van der Waals surface area contributed by atoms with E-state index in [0.717, 1.165) is 32.4 Å². The highest BCUT2D eigenvalue weighted by atomic mass is 32.1. The molecule has 0 bridgehead atoms. The molecule has 3 aromatic rings. The number of thiophene rings is 1. The summed E-state index contributed by atoms with van der Waals surface area (Å²) in [5, 5.41) is 18.8. The van der Waals surface area contributed by atoms with E-state index in [4.69, 9.17) is 24.1 Å². The lowest BCUT2D eigenvalue weighted by Crippen LogP contribution is -2.31. The lowest BCUT2D eigenvalue weighted by Gasteiger charge is -2.30. The van der Waals surface area contributed by atoms with Gasteiger partial charge in [-0.05, 0) is 60.9 Å². The average Bonchev–Trinajstić information content (AvgIpc) is 3.57. The number of hydrogen-bond donors (Lipinski definition) is 1. The van der Waals surface area contributed by atoms with Gasteiger partial charge in [-0.3, -0.25) is 14.9 Å². The van der Waals surface area contributed by atoms with Crippen LogP contribution in [0.5, 0.6) is 11.5 Å². The molecule has 1 spiro atoms. The van der Waals surface area contributed by atoms with Gasteiger partial charge in [-0.1, -0.05) is 52.0 Å². The van der Waals surface area contributed by atoms with Crippen molar-refractivity contribution < 1.29 is 29.0 Å². The van der Waals surface area contributed by atoms with Crippen LogP contribution in [0.4, 0.5) is 5.69 Å². The summed E-state index contributed by atoms with van der Waals surface area (Å²) in [4.78, 5) is 21.7.